The predicted octanol–water partition coefficient (Wildman–Crippen LogP) is 4.06. The smallest absolute Gasteiger partial charge is 0.326 e. The number of hydrogen-bond donors (Lipinski definition) is 4. The number of nitrogens with zero attached hydrogens (tertiary/aromatic N) is 4. The lowest BCUT2D eigenvalue weighted by molar-refractivity contribution is 0.210. The molecule has 176 valence electrons. The van der Waals surface area contributed by atoms with Crippen LogP contribution >= 0.6 is 0 Å². The Balaban J connectivity index is 1.36. The molecule has 10 nitrogen and oxygen atoms in total. The second kappa shape index (κ2) is 8.10. The fraction of sp³-hybridized carbons (Fsp3) is 0.304. The van der Waals surface area contributed by atoms with Crippen LogP contribution in [-0.4, -0.2) is 37.4 Å². The quantitative estimate of drug-likeness (QED) is 0.336. The van der Waals surface area contributed by atoms with Gasteiger partial charge in [-0.3, -0.25) is 5.32 Å². The van der Waals surface area contributed by atoms with E-state index >= 15 is 0 Å². The van der Waals surface area contributed by atoms with Crippen molar-refractivity contribution in [1.82, 2.24) is 19.7 Å². The van der Waals surface area contributed by atoms with Gasteiger partial charge in [-0.15, -0.1) is 0 Å². The number of anilines is 3. The van der Waals surface area contributed by atoms with Crippen LogP contribution in [0.3, 0.4) is 0 Å². The standard InChI is InChI=1S/C23H24FN7O3/c1-23(2,10-32)17-8-18(34-30-17)29-22(33)28-16-6-3-12(7-15(16)24)14-9-31(13-4-5-13)21-19(14)20(25)26-11-27-21/h3,6-9,11,13,32H,4-5,10H2,1-2H3,(H2,25,26,27)(H2,28,29,33). The first-order valence-corrected chi connectivity index (χ1v) is 10.8. The maximum Gasteiger partial charge on any atom is 0.326 e. The van der Waals surface area contributed by atoms with E-state index in [2.05, 4.69) is 30.3 Å². The summed E-state index contributed by atoms with van der Waals surface area (Å²) in [5.41, 5.74) is 8.02. The molecule has 5 N–H and O–H groups in total. The zero-order chi connectivity index (χ0) is 24.0. The molecule has 5 rings (SSSR count). The van der Waals surface area contributed by atoms with Crippen molar-refractivity contribution in [1.29, 1.82) is 0 Å². The molecule has 4 aromatic rings. The fourth-order valence-corrected chi connectivity index (χ4v) is 3.74. The van der Waals surface area contributed by atoms with Crippen LogP contribution in [0.5, 0.6) is 0 Å². The molecule has 2 amide bonds. The number of urea groups is 1. The molecule has 0 unspecified atom stereocenters. The zero-order valence-electron chi connectivity index (χ0n) is 18.7. The van der Waals surface area contributed by atoms with Crippen molar-refractivity contribution in [2.24, 2.45) is 0 Å². The van der Waals surface area contributed by atoms with E-state index in [1.54, 1.807) is 19.9 Å². The number of amides is 2. The Morgan fingerprint density at radius 2 is 2.09 bits per heavy atom. The Morgan fingerprint density at radius 3 is 2.79 bits per heavy atom. The lowest BCUT2D eigenvalue weighted by atomic mass is 9.91. The van der Waals surface area contributed by atoms with Gasteiger partial charge in [-0.2, -0.15) is 0 Å². The van der Waals surface area contributed by atoms with Crippen LogP contribution in [0.15, 0.2) is 41.3 Å². The summed E-state index contributed by atoms with van der Waals surface area (Å²) < 4.78 is 22.1. The molecule has 0 aliphatic heterocycles. The highest BCUT2D eigenvalue weighted by Gasteiger charge is 2.28. The van der Waals surface area contributed by atoms with Gasteiger partial charge in [0.15, 0.2) is 0 Å². The van der Waals surface area contributed by atoms with Crippen molar-refractivity contribution in [3.05, 3.63) is 48.3 Å². The summed E-state index contributed by atoms with van der Waals surface area (Å²) in [6.45, 7) is 3.43. The minimum Gasteiger partial charge on any atom is -0.395 e. The van der Waals surface area contributed by atoms with Gasteiger partial charge in [0.05, 0.1) is 23.4 Å². The summed E-state index contributed by atoms with van der Waals surface area (Å²) in [6.07, 6.45) is 5.47. The number of halogens is 1. The molecule has 1 aliphatic carbocycles. The molecule has 0 atom stereocenters. The highest BCUT2D eigenvalue weighted by atomic mass is 19.1. The SMILES string of the molecule is CC(C)(CO)c1cc(NC(=O)Nc2ccc(-c3cn(C4CC4)c4ncnc(N)c34)cc2F)on1. The number of rotatable bonds is 6. The Bertz CT molecular complexity index is 1390. The largest absolute Gasteiger partial charge is 0.395 e. The molecule has 1 fully saturated rings. The van der Waals surface area contributed by atoms with Crippen molar-refractivity contribution in [3.8, 4) is 11.1 Å². The number of nitrogens with two attached hydrogens (primary N) is 1. The number of hydrogen-bond acceptors (Lipinski definition) is 7. The summed E-state index contributed by atoms with van der Waals surface area (Å²) in [7, 11) is 0. The summed E-state index contributed by atoms with van der Waals surface area (Å²) in [6, 6.07) is 5.69. The van der Waals surface area contributed by atoms with E-state index in [-0.39, 0.29) is 18.2 Å². The predicted molar refractivity (Wildman–Crippen MR) is 125 cm³/mol. The first kappa shape index (κ1) is 21.8. The van der Waals surface area contributed by atoms with Crippen molar-refractivity contribution in [2.45, 2.75) is 38.1 Å². The number of nitrogen functional groups attached to an aromatic ring is 1. The average molecular weight is 465 g/mol. The molecule has 1 aliphatic rings. The Kier molecular flexibility index (Phi) is 5.20. The second-order valence-corrected chi connectivity index (χ2v) is 9.03. The molecular weight excluding hydrogens is 441 g/mol. The summed E-state index contributed by atoms with van der Waals surface area (Å²) >= 11 is 0. The van der Waals surface area contributed by atoms with Crippen LogP contribution < -0.4 is 16.4 Å². The number of carbonyl (C=O) groups excluding carboxylic acids is 1. The number of aliphatic hydroxyl groups excluding tert-OH is 1. The fourth-order valence-electron chi connectivity index (χ4n) is 3.74. The molecule has 0 spiro atoms. The minimum absolute atomic E-state index is 0.00756. The number of fused-ring (bicyclic) bond motifs is 1. The highest BCUT2D eigenvalue weighted by Crippen LogP contribution is 2.42. The van der Waals surface area contributed by atoms with E-state index in [0.29, 0.717) is 28.5 Å². The normalized spacial score (nSPS) is 13.9. The van der Waals surface area contributed by atoms with Crippen LogP contribution in [0.1, 0.15) is 38.4 Å². The number of aliphatic hydroxyl groups is 1. The number of benzene rings is 1. The zero-order valence-corrected chi connectivity index (χ0v) is 18.7. The van der Waals surface area contributed by atoms with E-state index < -0.39 is 17.3 Å². The Hall–Kier alpha value is -3.99. The molecule has 0 saturated heterocycles. The van der Waals surface area contributed by atoms with Crippen LogP contribution in [0, 0.1) is 5.82 Å². The van der Waals surface area contributed by atoms with E-state index in [1.807, 2.05) is 6.20 Å². The van der Waals surface area contributed by atoms with Crippen molar-refractivity contribution >= 4 is 34.5 Å². The van der Waals surface area contributed by atoms with E-state index in [0.717, 1.165) is 24.1 Å². The lowest BCUT2D eigenvalue weighted by Crippen LogP contribution is -2.22. The first-order valence-electron chi connectivity index (χ1n) is 10.8. The van der Waals surface area contributed by atoms with Crippen LogP contribution in [0.2, 0.25) is 0 Å². The van der Waals surface area contributed by atoms with Gasteiger partial charge in [0.25, 0.3) is 0 Å². The molecule has 34 heavy (non-hydrogen) atoms. The van der Waals surface area contributed by atoms with Crippen LogP contribution in [-0.2, 0) is 5.41 Å². The maximum atomic E-state index is 14.9. The Labute approximate surface area is 194 Å². The number of aromatic nitrogens is 4. The number of nitrogens with one attached hydrogen (secondary N) is 2. The van der Waals surface area contributed by atoms with Gasteiger partial charge in [-0.1, -0.05) is 25.1 Å². The van der Waals surface area contributed by atoms with Crippen molar-refractivity contribution in [2.75, 3.05) is 23.0 Å². The first-order chi connectivity index (χ1) is 16.3. The summed E-state index contributed by atoms with van der Waals surface area (Å²) in [5, 5.41) is 18.9. The third-order valence-electron chi connectivity index (χ3n) is 5.94. The van der Waals surface area contributed by atoms with E-state index in [1.165, 1.54) is 24.5 Å². The van der Waals surface area contributed by atoms with Gasteiger partial charge in [0.2, 0.25) is 5.88 Å². The molecule has 11 heteroatoms. The topological polar surface area (TPSA) is 144 Å². The Morgan fingerprint density at radius 1 is 1.29 bits per heavy atom. The van der Waals surface area contributed by atoms with Crippen molar-refractivity contribution in [3.63, 3.8) is 0 Å². The molecular formula is C23H24FN7O3. The van der Waals surface area contributed by atoms with Crippen molar-refractivity contribution < 1.29 is 18.8 Å². The lowest BCUT2D eigenvalue weighted by Gasteiger charge is -2.16. The van der Waals surface area contributed by atoms with Gasteiger partial charge < -0.3 is 25.2 Å². The second-order valence-electron chi connectivity index (χ2n) is 9.03. The molecule has 0 bridgehead atoms. The summed E-state index contributed by atoms with van der Waals surface area (Å²) in [5.74, 6) is -0.207. The van der Waals surface area contributed by atoms with Gasteiger partial charge in [0, 0.05) is 29.3 Å². The molecule has 3 aromatic heterocycles. The molecule has 1 saturated carbocycles. The molecule has 3 heterocycles. The van der Waals surface area contributed by atoms with Crippen LogP contribution in [0.25, 0.3) is 22.2 Å². The third kappa shape index (κ3) is 3.94. The number of carbonyl (C=O) groups is 1. The highest BCUT2D eigenvalue weighted by molar-refractivity contribution is 6.02. The maximum absolute atomic E-state index is 14.9. The van der Waals surface area contributed by atoms with Gasteiger partial charge in [0.1, 0.15) is 23.6 Å². The van der Waals surface area contributed by atoms with Crippen LogP contribution in [0.4, 0.5) is 26.6 Å². The third-order valence-corrected chi connectivity index (χ3v) is 5.94. The average Bonchev–Trinajstić information content (AvgIpc) is 3.40. The van der Waals surface area contributed by atoms with Gasteiger partial charge in [-0.25, -0.2) is 19.2 Å². The monoisotopic (exact) mass is 465 g/mol. The van der Waals surface area contributed by atoms with E-state index in [4.69, 9.17) is 10.3 Å². The minimum atomic E-state index is -0.695. The molecule has 1 aromatic carbocycles. The molecule has 0 radical (unpaired) electrons. The van der Waals surface area contributed by atoms with E-state index in [9.17, 15) is 14.3 Å². The van der Waals surface area contributed by atoms with Gasteiger partial charge in [-0.05, 0) is 30.5 Å². The van der Waals surface area contributed by atoms with Gasteiger partial charge >= 0.3 is 6.03 Å². The summed E-state index contributed by atoms with van der Waals surface area (Å²) in [4.78, 5) is 20.8.